The molecule has 0 aliphatic carbocycles. The Morgan fingerprint density at radius 1 is 1.18 bits per heavy atom. The first-order valence-corrected chi connectivity index (χ1v) is 13.0. The number of anilines is 1. The first-order chi connectivity index (χ1) is 16.3. The zero-order valence-corrected chi connectivity index (χ0v) is 21.7. The Balaban J connectivity index is 1.56. The fourth-order valence-corrected chi connectivity index (χ4v) is 4.79. The highest BCUT2D eigenvalue weighted by Gasteiger charge is 2.19. The van der Waals surface area contributed by atoms with E-state index in [1.807, 2.05) is 30.7 Å². The van der Waals surface area contributed by atoms with E-state index in [0.29, 0.717) is 27.5 Å². The number of carbonyl (C=O) groups is 2. The van der Waals surface area contributed by atoms with Crippen LogP contribution in [0, 0.1) is 0 Å². The first kappa shape index (κ1) is 25.8. The van der Waals surface area contributed by atoms with Gasteiger partial charge in [-0.2, -0.15) is 0 Å². The fourth-order valence-electron chi connectivity index (χ4n) is 3.06. The number of carbonyl (C=O) groups excluding carboxylic acids is 2. The van der Waals surface area contributed by atoms with E-state index in [1.165, 1.54) is 28.7 Å². The largest absolute Gasteiger partial charge is 0.486 e. The van der Waals surface area contributed by atoms with Crippen LogP contribution in [-0.4, -0.2) is 39.0 Å². The number of amides is 1. The third kappa shape index (κ3) is 6.60. The molecular weight excluding hydrogens is 472 g/mol. The number of aryl methyl sites for hydroxylation is 1. The van der Waals surface area contributed by atoms with E-state index in [-0.39, 0.29) is 24.9 Å². The van der Waals surface area contributed by atoms with Crippen LogP contribution >= 0.6 is 23.1 Å². The topological polar surface area (TPSA) is 95.3 Å². The molecule has 0 spiro atoms. The molecule has 0 unspecified atom stereocenters. The number of benzene rings is 1. The summed E-state index contributed by atoms with van der Waals surface area (Å²) in [6.45, 7) is 8.60. The average molecular weight is 503 g/mol. The lowest BCUT2D eigenvalue weighted by atomic mass is 10.0. The van der Waals surface area contributed by atoms with Crippen LogP contribution in [0.15, 0.2) is 35.5 Å². The molecule has 10 heteroatoms. The van der Waals surface area contributed by atoms with Crippen LogP contribution in [0.2, 0.25) is 0 Å². The zero-order chi connectivity index (χ0) is 24.7. The third-order valence-electron chi connectivity index (χ3n) is 5.05. The predicted molar refractivity (Wildman–Crippen MR) is 135 cm³/mol. The molecule has 0 radical (unpaired) electrons. The number of rotatable bonds is 11. The van der Waals surface area contributed by atoms with E-state index >= 15 is 0 Å². The smallest absolute Gasteiger partial charge is 0.341 e. The molecule has 2 heterocycles. The van der Waals surface area contributed by atoms with Gasteiger partial charge in [0.25, 0.3) is 0 Å². The van der Waals surface area contributed by atoms with Gasteiger partial charge < -0.3 is 19.4 Å². The number of thioether (sulfide) groups is 1. The molecule has 0 atom stereocenters. The summed E-state index contributed by atoms with van der Waals surface area (Å²) in [6, 6.07) is 9.79. The summed E-state index contributed by atoms with van der Waals surface area (Å²) < 4.78 is 12.8. The highest BCUT2D eigenvalue weighted by molar-refractivity contribution is 7.99. The van der Waals surface area contributed by atoms with Crippen molar-refractivity contribution in [1.29, 1.82) is 0 Å². The molecule has 8 nitrogen and oxygen atoms in total. The van der Waals surface area contributed by atoms with Crippen LogP contribution in [0.3, 0.4) is 0 Å². The Morgan fingerprint density at radius 3 is 2.56 bits per heavy atom. The van der Waals surface area contributed by atoms with Crippen molar-refractivity contribution in [3.8, 4) is 5.75 Å². The van der Waals surface area contributed by atoms with E-state index in [4.69, 9.17) is 9.47 Å². The number of thiophene rings is 1. The van der Waals surface area contributed by atoms with Crippen molar-refractivity contribution in [2.75, 3.05) is 17.7 Å². The molecule has 1 N–H and O–H groups in total. The molecule has 0 bridgehead atoms. The second kappa shape index (κ2) is 12.0. The number of hydrogen-bond acceptors (Lipinski definition) is 8. The molecule has 3 rings (SSSR count). The Labute approximate surface area is 208 Å². The molecule has 1 aromatic carbocycles. The number of ether oxygens (including phenoxy) is 2. The number of nitrogens with one attached hydrogen (secondary N) is 1. The highest BCUT2D eigenvalue weighted by atomic mass is 32.2. The van der Waals surface area contributed by atoms with E-state index in [2.05, 4.69) is 41.5 Å². The molecule has 0 aliphatic heterocycles. The van der Waals surface area contributed by atoms with Crippen molar-refractivity contribution >= 4 is 40.0 Å². The van der Waals surface area contributed by atoms with E-state index < -0.39 is 5.97 Å². The molecule has 0 saturated carbocycles. The summed E-state index contributed by atoms with van der Waals surface area (Å²) >= 11 is 2.66. The first-order valence-electron chi connectivity index (χ1n) is 11.2. The summed E-state index contributed by atoms with van der Waals surface area (Å²) in [6.07, 6.45) is 0.771. The van der Waals surface area contributed by atoms with Crippen LogP contribution in [0.4, 0.5) is 5.00 Å². The molecule has 0 aliphatic rings. The van der Waals surface area contributed by atoms with Gasteiger partial charge >= 0.3 is 5.97 Å². The Kier molecular flexibility index (Phi) is 9.12. The van der Waals surface area contributed by atoms with Crippen LogP contribution in [0.25, 0.3) is 0 Å². The number of esters is 1. The average Bonchev–Trinajstić information content (AvgIpc) is 3.39. The lowest BCUT2D eigenvalue weighted by molar-refractivity contribution is -0.113. The number of aromatic nitrogens is 3. The Bertz CT molecular complexity index is 1120. The molecule has 1 amide bonds. The van der Waals surface area contributed by atoms with Gasteiger partial charge in [0.15, 0.2) is 11.0 Å². The van der Waals surface area contributed by atoms with Gasteiger partial charge in [-0.1, -0.05) is 44.7 Å². The number of hydrogen-bond donors (Lipinski definition) is 1. The van der Waals surface area contributed by atoms with Gasteiger partial charge in [0.2, 0.25) is 5.91 Å². The summed E-state index contributed by atoms with van der Waals surface area (Å²) in [4.78, 5) is 25.8. The molecule has 3 aromatic rings. The SMILES string of the molecule is CCOC(=O)c1cc(CC)sc1NC(=O)CSc1nnc(COc2ccc(C(C)C)cc2)n1C. The lowest BCUT2D eigenvalue weighted by Gasteiger charge is -2.09. The lowest BCUT2D eigenvalue weighted by Crippen LogP contribution is -2.16. The second-order valence-electron chi connectivity index (χ2n) is 7.84. The van der Waals surface area contributed by atoms with Crippen molar-refractivity contribution in [2.24, 2.45) is 7.05 Å². The van der Waals surface area contributed by atoms with E-state index in [9.17, 15) is 9.59 Å². The van der Waals surface area contributed by atoms with Gasteiger partial charge in [-0.15, -0.1) is 21.5 Å². The maximum absolute atomic E-state index is 12.6. The summed E-state index contributed by atoms with van der Waals surface area (Å²) in [5.41, 5.74) is 1.65. The van der Waals surface area contributed by atoms with Crippen molar-refractivity contribution < 1.29 is 19.1 Å². The zero-order valence-electron chi connectivity index (χ0n) is 20.1. The summed E-state index contributed by atoms with van der Waals surface area (Å²) in [5, 5.41) is 12.3. The maximum Gasteiger partial charge on any atom is 0.341 e. The minimum absolute atomic E-state index is 0.130. The van der Waals surface area contributed by atoms with Crippen molar-refractivity contribution in [3.63, 3.8) is 0 Å². The van der Waals surface area contributed by atoms with Crippen molar-refractivity contribution in [2.45, 2.75) is 51.8 Å². The predicted octanol–water partition coefficient (Wildman–Crippen LogP) is 5.05. The normalized spacial score (nSPS) is 11.0. The van der Waals surface area contributed by atoms with Crippen LogP contribution < -0.4 is 10.1 Å². The minimum Gasteiger partial charge on any atom is -0.486 e. The third-order valence-corrected chi connectivity index (χ3v) is 7.27. The summed E-state index contributed by atoms with van der Waals surface area (Å²) in [7, 11) is 1.84. The quantitative estimate of drug-likeness (QED) is 0.290. The highest BCUT2D eigenvalue weighted by Crippen LogP contribution is 2.30. The van der Waals surface area contributed by atoms with E-state index in [1.54, 1.807) is 13.0 Å². The molecule has 2 aromatic heterocycles. The molecule has 34 heavy (non-hydrogen) atoms. The Morgan fingerprint density at radius 2 is 1.91 bits per heavy atom. The van der Waals surface area contributed by atoms with Gasteiger partial charge in [0, 0.05) is 11.9 Å². The summed E-state index contributed by atoms with van der Waals surface area (Å²) in [5.74, 6) is 1.36. The van der Waals surface area contributed by atoms with Gasteiger partial charge in [0.1, 0.15) is 17.4 Å². The molecule has 0 saturated heterocycles. The fraction of sp³-hybridized carbons (Fsp3) is 0.417. The number of nitrogens with zero attached hydrogens (tertiary/aromatic N) is 3. The van der Waals surface area contributed by atoms with Crippen LogP contribution in [0.5, 0.6) is 5.75 Å². The molecule has 0 fully saturated rings. The molecule has 182 valence electrons. The van der Waals surface area contributed by atoms with Gasteiger partial charge in [-0.3, -0.25) is 4.79 Å². The second-order valence-corrected chi connectivity index (χ2v) is 9.92. The van der Waals surface area contributed by atoms with E-state index in [0.717, 1.165) is 17.0 Å². The van der Waals surface area contributed by atoms with Crippen LogP contribution in [0.1, 0.15) is 60.2 Å². The monoisotopic (exact) mass is 502 g/mol. The maximum atomic E-state index is 12.6. The van der Waals surface area contributed by atoms with Gasteiger partial charge in [-0.25, -0.2) is 4.79 Å². The van der Waals surface area contributed by atoms with Crippen molar-refractivity contribution in [3.05, 3.63) is 52.2 Å². The van der Waals surface area contributed by atoms with Gasteiger partial charge in [-0.05, 0) is 43.0 Å². The standard InChI is InChI=1S/C24H30N4O4S2/c1-6-18-12-19(23(30)31-7-2)22(34-18)25-21(29)14-33-24-27-26-20(28(24)5)13-32-17-10-8-16(9-11-17)15(3)4/h8-12,15H,6-7,13-14H2,1-5H3,(H,25,29). The minimum atomic E-state index is -0.432. The van der Waals surface area contributed by atoms with Crippen molar-refractivity contribution in [1.82, 2.24) is 14.8 Å². The molecular formula is C24H30N4O4S2. The van der Waals surface area contributed by atoms with Gasteiger partial charge in [0.05, 0.1) is 17.9 Å². The van der Waals surface area contributed by atoms with Crippen LogP contribution in [-0.2, 0) is 29.6 Å². The Hall–Kier alpha value is -2.85.